The van der Waals surface area contributed by atoms with Gasteiger partial charge in [0.15, 0.2) is 5.82 Å². The van der Waals surface area contributed by atoms with Gasteiger partial charge in [0, 0.05) is 18.2 Å². The molecular weight excluding hydrogens is 270 g/mol. The lowest BCUT2D eigenvalue weighted by Gasteiger charge is -2.08. The van der Waals surface area contributed by atoms with Crippen molar-refractivity contribution >= 4 is 11.6 Å². The zero-order valence-electron chi connectivity index (χ0n) is 12.2. The molecule has 0 aliphatic heterocycles. The Morgan fingerprint density at radius 2 is 2.05 bits per heavy atom. The summed E-state index contributed by atoms with van der Waals surface area (Å²) in [6.07, 6.45) is 0.608. The largest absolute Gasteiger partial charge is 0.396 e. The SMILES string of the molecule is CC(C)c1nnnn1CC(=O)Nc1ccc(CCO)cc1. The minimum Gasteiger partial charge on any atom is -0.396 e. The monoisotopic (exact) mass is 289 g/mol. The molecule has 1 aromatic heterocycles. The molecule has 1 heterocycles. The fraction of sp³-hybridized carbons (Fsp3) is 0.429. The van der Waals surface area contributed by atoms with Gasteiger partial charge in [-0.1, -0.05) is 26.0 Å². The highest BCUT2D eigenvalue weighted by molar-refractivity contribution is 5.90. The molecule has 0 fully saturated rings. The second kappa shape index (κ2) is 6.94. The number of nitrogens with one attached hydrogen (secondary N) is 1. The van der Waals surface area contributed by atoms with Crippen LogP contribution >= 0.6 is 0 Å². The summed E-state index contributed by atoms with van der Waals surface area (Å²) in [7, 11) is 0. The van der Waals surface area contributed by atoms with Crippen LogP contribution in [0.25, 0.3) is 0 Å². The van der Waals surface area contributed by atoms with Gasteiger partial charge in [-0.15, -0.1) is 5.10 Å². The van der Waals surface area contributed by atoms with Crippen LogP contribution in [-0.2, 0) is 17.8 Å². The molecule has 2 N–H and O–H groups in total. The van der Waals surface area contributed by atoms with Gasteiger partial charge in [-0.2, -0.15) is 0 Å². The highest BCUT2D eigenvalue weighted by atomic mass is 16.3. The summed E-state index contributed by atoms with van der Waals surface area (Å²) < 4.78 is 1.50. The molecule has 0 saturated carbocycles. The van der Waals surface area contributed by atoms with E-state index in [1.54, 1.807) is 0 Å². The number of tetrazole rings is 1. The molecule has 0 radical (unpaired) electrons. The van der Waals surface area contributed by atoms with Gasteiger partial charge in [0.05, 0.1) is 0 Å². The van der Waals surface area contributed by atoms with E-state index in [9.17, 15) is 4.79 Å². The normalized spacial score (nSPS) is 10.9. The van der Waals surface area contributed by atoms with Crippen molar-refractivity contribution in [2.75, 3.05) is 11.9 Å². The van der Waals surface area contributed by atoms with Gasteiger partial charge in [0.1, 0.15) is 6.54 Å². The first-order valence-corrected chi connectivity index (χ1v) is 6.86. The molecule has 1 aromatic carbocycles. The van der Waals surface area contributed by atoms with E-state index < -0.39 is 0 Å². The van der Waals surface area contributed by atoms with Crippen molar-refractivity contribution in [3.63, 3.8) is 0 Å². The zero-order valence-corrected chi connectivity index (χ0v) is 12.2. The Bertz CT molecular complexity index is 592. The summed E-state index contributed by atoms with van der Waals surface area (Å²) in [5, 5.41) is 23.0. The van der Waals surface area contributed by atoms with Gasteiger partial charge in [0.25, 0.3) is 0 Å². The molecule has 0 spiro atoms. The number of hydrogen-bond donors (Lipinski definition) is 2. The molecule has 7 nitrogen and oxygen atoms in total. The number of hydrogen-bond acceptors (Lipinski definition) is 5. The fourth-order valence-corrected chi connectivity index (χ4v) is 1.96. The lowest BCUT2D eigenvalue weighted by atomic mass is 10.1. The molecule has 0 aliphatic carbocycles. The van der Waals surface area contributed by atoms with Gasteiger partial charge in [0.2, 0.25) is 5.91 Å². The minimum atomic E-state index is -0.181. The van der Waals surface area contributed by atoms with Crippen LogP contribution in [0.15, 0.2) is 24.3 Å². The topological polar surface area (TPSA) is 92.9 Å². The molecular formula is C14H19N5O2. The van der Waals surface area contributed by atoms with Crippen LogP contribution in [0, 0.1) is 0 Å². The van der Waals surface area contributed by atoms with Crippen molar-refractivity contribution < 1.29 is 9.90 Å². The third kappa shape index (κ3) is 4.09. The highest BCUT2D eigenvalue weighted by Gasteiger charge is 2.13. The van der Waals surface area contributed by atoms with Crippen LogP contribution in [0.2, 0.25) is 0 Å². The molecule has 1 amide bonds. The van der Waals surface area contributed by atoms with Gasteiger partial charge < -0.3 is 10.4 Å². The van der Waals surface area contributed by atoms with Crippen LogP contribution in [0.1, 0.15) is 31.2 Å². The van der Waals surface area contributed by atoms with E-state index in [4.69, 9.17) is 5.11 Å². The number of amides is 1. The van der Waals surface area contributed by atoms with Crippen molar-refractivity contribution in [1.29, 1.82) is 0 Å². The molecule has 112 valence electrons. The van der Waals surface area contributed by atoms with E-state index in [-0.39, 0.29) is 25.0 Å². The van der Waals surface area contributed by atoms with Crippen molar-refractivity contribution in [3.8, 4) is 0 Å². The van der Waals surface area contributed by atoms with E-state index in [2.05, 4.69) is 20.8 Å². The number of nitrogens with zero attached hydrogens (tertiary/aromatic N) is 4. The maximum atomic E-state index is 12.0. The number of aliphatic hydroxyl groups is 1. The number of carbonyl (C=O) groups is 1. The van der Waals surface area contributed by atoms with Crippen molar-refractivity contribution in [2.24, 2.45) is 0 Å². The summed E-state index contributed by atoms with van der Waals surface area (Å²) in [5.74, 6) is 0.660. The van der Waals surface area contributed by atoms with Gasteiger partial charge in [-0.05, 0) is 34.5 Å². The van der Waals surface area contributed by atoms with Gasteiger partial charge in [-0.3, -0.25) is 4.79 Å². The maximum absolute atomic E-state index is 12.0. The van der Waals surface area contributed by atoms with Crippen LogP contribution in [0.3, 0.4) is 0 Å². The average Bonchev–Trinajstić information content (AvgIpc) is 2.89. The first-order valence-electron chi connectivity index (χ1n) is 6.86. The predicted molar refractivity (Wildman–Crippen MR) is 77.8 cm³/mol. The second-order valence-corrected chi connectivity index (χ2v) is 5.07. The molecule has 21 heavy (non-hydrogen) atoms. The quantitative estimate of drug-likeness (QED) is 0.826. The standard InChI is InChI=1S/C14H19N5O2/c1-10(2)14-16-17-18-19(14)9-13(21)15-12-5-3-11(4-6-12)7-8-20/h3-6,10,20H,7-9H2,1-2H3,(H,15,21). The lowest BCUT2D eigenvalue weighted by Crippen LogP contribution is -2.21. The number of rotatable bonds is 6. The van der Waals surface area contributed by atoms with Crippen LogP contribution in [0.5, 0.6) is 0 Å². The highest BCUT2D eigenvalue weighted by Crippen LogP contribution is 2.11. The summed E-state index contributed by atoms with van der Waals surface area (Å²) >= 11 is 0. The Balaban J connectivity index is 1.96. The number of benzene rings is 1. The minimum absolute atomic E-state index is 0.0822. The molecule has 2 aromatic rings. The summed E-state index contributed by atoms with van der Waals surface area (Å²) in [5.41, 5.74) is 1.74. The third-order valence-corrected chi connectivity index (χ3v) is 3.01. The zero-order chi connectivity index (χ0) is 15.2. The predicted octanol–water partition coefficient (Wildman–Crippen LogP) is 0.970. The Morgan fingerprint density at radius 3 is 2.67 bits per heavy atom. The van der Waals surface area contributed by atoms with E-state index in [0.717, 1.165) is 5.56 Å². The molecule has 0 bridgehead atoms. The molecule has 0 aliphatic rings. The number of anilines is 1. The Kier molecular flexibility index (Phi) is 4.99. The van der Waals surface area contributed by atoms with Crippen molar-refractivity contribution in [2.45, 2.75) is 32.7 Å². The maximum Gasteiger partial charge on any atom is 0.246 e. The molecule has 0 unspecified atom stereocenters. The Labute approximate surface area is 123 Å². The molecule has 2 rings (SSSR count). The van der Waals surface area contributed by atoms with Crippen LogP contribution < -0.4 is 5.32 Å². The molecule has 0 atom stereocenters. The first kappa shape index (κ1) is 15.1. The van der Waals surface area contributed by atoms with E-state index in [1.165, 1.54) is 4.68 Å². The average molecular weight is 289 g/mol. The Hall–Kier alpha value is -2.28. The smallest absolute Gasteiger partial charge is 0.246 e. The Morgan fingerprint density at radius 1 is 1.33 bits per heavy atom. The summed E-state index contributed by atoms with van der Waals surface area (Å²) in [4.78, 5) is 12.0. The molecule has 7 heteroatoms. The van der Waals surface area contributed by atoms with Crippen molar-refractivity contribution in [3.05, 3.63) is 35.7 Å². The first-order chi connectivity index (χ1) is 10.1. The number of carbonyl (C=O) groups excluding carboxylic acids is 1. The summed E-state index contributed by atoms with van der Waals surface area (Å²) in [6.45, 7) is 4.14. The van der Waals surface area contributed by atoms with Crippen LogP contribution in [0.4, 0.5) is 5.69 Å². The van der Waals surface area contributed by atoms with Gasteiger partial charge in [-0.25, -0.2) is 4.68 Å². The third-order valence-electron chi connectivity index (χ3n) is 3.01. The van der Waals surface area contributed by atoms with Crippen LogP contribution in [-0.4, -0.2) is 37.8 Å². The van der Waals surface area contributed by atoms with E-state index >= 15 is 0 Å². The fourth-order valence-electron chi connectivity index (χ4n) is 1.96. The summed E-state index contributed by atoms with van der Waals surface area (Å²) in [6, 6.07) is 7.38. The van der Waals surface area contributed by atoms with E-state index in [0.29, 0.717) is 17.9 Å². The van der Waals surface area contributed by atoms with E-state index in [1.807, 2.05) is 38.1 Å². The molecule has 0 saturated heterocycles. The number of aliphatic hydroxyl groups excluding tert-OH is 1. The van der Waals surface area contributed by atoms with Crippen molar-refractivity contribution in [1.82, 2.24) is 20.2 Å². The second-order valence-electron chi connectivity index (χ2n) is 5.07. The number of aromatic nitrogens is 4. The lowest BCUT2D eigenvalue weighted by molar-refractivity contribution is -0.117. The van der Waals surface area contributed by atoms with Gasteiger partial charge >= 0.3 is 0 Å².